The fourth-order valence-electron chi connectivity index (χ4n) is 3.50. The molecule has 94 valence electrons. The van der Waals surface area contributed by atoms with Crippen LogP contribution in [0, 0.1) is 0 Å². The molecule has 2 atom stereocenters. The van der Waals surface area contributed by atoms with Crippen molar-refractivity contribution in [3.63, 3.8) is 0 Å². The zero-order valence-corrected chi connectivity index (χ0v) is 10.7. The van der Waals surface area contributed by atoms with Gasteiger partial charge in [0.15, 0.2) is 0 Å². The number of fused-ring (bicyclic) bond motifs is 2. The molecule has 2 heterocycles. The van der Waals surface area contributed by atoms with E-state index in [1.165, 1.54) is 32.1 Å². The maximum Gasteiger partial charge on any atom is 0.0589 e. The van der Waals surface area contributed by atoms with Gasteiger partial charge in [-0.05, 0) is 32.2 Å². The van der Waals surface area contributed by atoms with Crippen LogP contribution in [0.15, 0.2) is 0 Å². The van der Waals surface area contributed by atoms with Crippen molar-refractivity contribution in [2.24, 2.45) is 0 Å². The number of hydrogen-bond acceptors (Lipinski definition) is 3. The van der Waals surface area contributed by atoms with Gasteiger partial charge >= 0.3 is 0 Å². The molecule has 16 heavy (non-hydrogen) atoms. The van der Waals surface area contributed by atoms with Gasteiger partial charge in [-0.15, -0.1) is 0 Å². The molecule has 0 aromatic carbocycles. The molecular weight excluding hydrogens is 200 g/mol. The minimum Gasteiger partial charge on any atom is -0.383 e. The Kier molecular flexibility index (Phi) is 4.62. The molecule has 2 unspecified atom stereocenters. The first kappa shape index (κ1) is 12.3. The lowest BCUT2D eigenvalue weighted by Crippen LogP contribution is -2.56. The number of piperidine rings is 2. The van der Waals surface area contributed by atoms with Gasteiger partial charge in [-0.1, -0.05) is 13.3 Å². The molecule has 2 aliphatic rings. The van der Waals surface area contributed by atoms with Gasteiger partial charge in [0.25, 0.3) is 0 Å². The minimum absolute atomic E-state index is 0.763. The van der Waals surface area contributed by atoms with Gasteiger partial charge in [-0.25, -0.2) is 0 Å². The molecule has 0 aromatic rings. The molecule has 0 amide bonds. The van der Waals surface area contributed by atoms with E-state index in [9.17, 15) is 0 Å². The summed E-state index contributed by atoms with van der Waals surface area (Å²) >= 11 is 0. The SMILES string of the molecule is CCNC1CC2CCCC(C1)N2CCOC. The van der Waals surface area contributed by atoms with Crippen molar-refractivity contribution < 1.29 is 4.74 Å². The van der Waals surface area contributed by atoms with Crippen LogP contribution in [0.1, 0.15) is 39.0 Å². The third kappa shape index (κ3) is 2.76. The second-order valence-electron chi connectivity index (χ2n) is 5.20. The maximum atomic E-state index is 5.23. The molecule has 2 rings (SSSR count). The highest BCUT2D eigenvalue weighted by Crippen LogP contribution is 2.33. The molecule has 2 fully saturated rings. The normalized spacial score (nSPS) is 35.2. The molecule has 0 aromatic heterocycles. The summed E-state index contributed by atoms with van der Waals surface area (Å²) in [5.74, 6) is 0. The number of ether oxygens (including phenoxy) is 1. The Bertz CT molecular complexity index is 196. The third-order valence-corrected chi connectivity index (χ3v) is 4.17. The van der Waals surface area contributed by atoms with Crippen molar-refractivity contribution in [3.8, 4) is 0 Å². The van der Waals surface area contributed by atoms with Gasteiger partial charge in [0.2, 0.25) is 0 Å². The number of methoxy groups -OCH3 is 1. The van der Waals surface area contributed by atoms with Gasteiger partial charge in [-0.2, -0.15) is 0 Å². The van der Waals surface area contributed by atoms with E-state index < -0.39 is 0 Å². The fourth-order valence-corrected chi connectivity index (χ4v) is 3.50. The molecule has 2 saturated heterocycles. The lowest BCUT2D eigenvalue weighted by Gasteiger charge is -2.49. The van der Waals surface area contributed by atoms with Crippen LogP contribution in [0.4, 0.5) is 0 Å². The van der Waals surface area contributed by atoms with Crippen molar-refractivity contribution in [2.45, 2.75) is 57.2 Å². The first-order chi connectivity index (χ1) is 7.85. The van der Waals surface area contributed by atoms with Gasteiger partial charge in [0.1, 0.15) is 0 Å². The number of rotatable bonds is 5. The van der Waals surface area contributed by atoms with Crippen LogP contribution in [0.3, 0.4) is 0 Å². The molecule has 0 aliphatic carbocycles. The Labute approximate surface area is 99.5 Å². The Hall–Kier alpha value is -0.120. The van der Waals surface area contributed by atoms with Crippen molar-refractivity contribution in [2.75, 3.05) is 26.8 Å². The van der Waals surface area contributed by atoms with Crippen molar-refractivity contribution in [1.82, 2.24) is 10.2 Å². The second-order valence-corrected chi connectivity index (χ2v) is 5.20. The Balaban J connectivity index is 1.91. The average Bonchev–Trinajstić information content (AvgIpc) is 2.26. The standard InChI is InChI=1S/C13H26N2O/c1-3-14-11-9-12-5-4-6-13(10-11)15(12)7-8-16-2/h11-14H,3-10H2,1-2H3. The van der Waals surface area contributed by atoms with E-state index in [0.717, 1.165) is 37.8 Å². The first-order valence-corrected chi connectivity index (χ1v) is 6.83. The predicted molar refractivity (Wildman–Crippen MR) is 66.7 cm³/mol. The van der Waals surface area contributed by atoms with Crippen LogP contribution in [0.25, 0.3) is 0 Å². The lowest BCUT2D eigenvalue weighted by atomic mass is 9.82. The smallest absolute Gasteiger partial charge is 0.0589 e. The van der Waals surface area contributed by atoms with Crippen LogP contribution in [-0.2, 0) is 4.74 Å². The van der Waals surface area contributed by atoms with Crippen LogP contribution in [0.2, 0.25) is 0 Å². The van der Waals surface area contributed by atoms with E-state index in [2.05, 4.69) is 17.1 Å². The van der Waals surface area contributed by atoms with E-state index in [4.69, 9.17) is 4.74 Å². The molecule has 1 N–H and O–H groups in total. The molecule has 2 bridgehead atoms. The Morgan fingerprint density at radius 3 is 2.50 bits per heavy atom. The van der Waals surface area contributed by atoms with E-state index in [-0.39, 0.29) is 0 Å². The van der Waals surface area contributed by atoms with Crippen LogP contribution in [0.5, 0.6) is 0 Å². The molecule has 0 spiro atoms. The molecule has 3 nitrogen and oxygen atoms in total. The van der Waals surface area contributed by atoms with Gasteiger partial charge < -0.3 is 10.1 Å². The highest BCUT2D eigenvalue weighted by atomic mass is 16.5. The van der Waals surface area contributed by atoms with Crippen molar-refractivity contribution in [1.29, 1.82) is 0 Å². The van der Waals surface area contributed by atoms with Crippen LogP contribution >= 0.6 is 0 Å². The quantitative estimate of drug-likeness (QED) is 0.771. The summed E-state index contributed by atoms with van der Waals surface area (Å²) in [5, 5.41) is 3.63. The highest BCUT2D eigenvalue weighted by molar-refractivity contribution is 4.94. The van der Waals surface area contributed by atoms with E-state index in [0.29, 0.717) is 0 Å². The summed E-state index contributed by atoms with van der Waals surface area (Å²) in [6.07, 6.45) is 6.89. The zero-order chi connectivity index (χ0) is 11.4. The Morgan fingerprint density at radius 2 is 1.94 bits per heavy atom. The van der Waals surface area contributed by atoms with E-state index >= 15 is 0 Å². The Morgan fingerprint density at radius 1 is 1.25 bits per heavy atom. The van der Waals surface area contributed by atoms with E-state index in [1.54, 1.807) is 7.11 Å². The highest BCUT2D eigenvalue weighted by Gasteiger charge is 2.37. The van der Waals surface area contributed by atoms with Crippen LogP contribution in [-0.4, -0.2) is 49.8 Å². The van der Waals surface area contributed by atoms with Crippen molar-refractivity contribution >= 4 is 0 Å². The fraction of sp³-hybridized carbons (Fsp3) is 1.00. The number of hydrogen-bond donors (Lipinski definition) is 1. The van der Waals surface area contributed by atoms with Gasteiger partial charge in [-0.3, -0.25) is 4.90 Å². The topological polar surface area (TPSA) is 24.5 Å². The minimum atomic E-state index is 0.763. The zero-order valence-electron chi connectivity index (χ0n) is 10.7. The molecular formula is C13H26N2O. The summed E-state index contributed by atoms with van der Waals surface area (Å²) in [7, 11) is 1.81. The molecule has 3 heteroatoms. The number of nitrogens with zero attached hydrogens (tertiary/aromatic N) is 1. The molecule has 0 saturated carbocycles. The maximum absolute atomic E-state index is 5.23. The van der Waals surface area contributed by atoms with E-state index in [1.807, 2.05) is 0 Å². The summed E-state index contributed by atoms with van der Waals surface area (Å²) in [6, 6.07) is 2.39. The predicted octanol–water partition coefficient (Wildman–Crippen LogP) is 1.63. The summed E-state index contributed by atoms with van der Waals surface area (Å²) < 4.78 is 5.23. The van der Waals surface area contributed by atoms with Gasteiger partial charge in [0, 0.05) is 31.8 Å². The average molecular weight is 226 g/mol. The van der Waals surface area contributed by atoms with Gasteiger partial charge in [0.05, 0.1) is 6.61 Å². The first-order valence-electron chi connectivity index (χ1n) is 6.83. The monoisotopic (exact) mass is 226 g/mol. The van der Waals surface area contributed by atoms with Crippen molar-refractivity contribution in [3.05, 3.63) is 0 Å². The molecule has 0 radical (unpaired) electrons. The third-order valence-electron chi connectivity index (χ3n) is 4.17. The summed E-state index contributed by atoms with van der Waals surface area (Å²) in [6.45, 7) is 5.35. The summed E-state index contributed by atoms with van der Waals surface area (Å²) in [4.78, 5) is 2.71. The van der Waals surface area contributed by atoms with Crippen LogP contribution < -0.4 is 5.32 Å². The summed E-state index contributed by atoms with van der Waals surface area (Å²) in [5.41, 5.74) is 0. The molecule has 2 aliphatic heterocycles. The second kappa shape index (κ2) is 5.99. The lowest BCUT2D eigenvalue weighted by molar-refractivity contribution is 0.00691. The largest absolute Gasteiger partial charge is 0.383 e. The number of nitrogens with one attached hydrogen (secondary N) is 1.